The number of fused-ring (bicyclic) bond motifs is 1. The van der Waals surface area contributed by atoms with Crippen molar-refractivity contribution >= 4 is 40.0 Å². The number of halogens is 1. The lowest BCUT2D eigenvalue weighted by Crippen LogP contribution is -2.41. The SMILES string of the molecule is COc1ccc2nccc([C@H](F)CC[C@@H]3CCN(CCSc4ccsc4)C[C@H]3CCC(=O)O)c2c1. The van der Waals surface area contributed by atoms with E-state index in [0.29, 0.717) is 30.1 Å². The molecule has 3 aromatic rings. The van der Waals surface area contributed by atoms with E-state index < -0.39 is 12.1 Å². The molecule has 8 heteroatoms. The molecule has 1 aliphatic rings. The molecule has 1 N–H and O–H groups in total. The highest BCUT2D eigenvalue weighted by Crippen LogP contribution is 2.36. The zero-order valence-corrected chi connectivity index (χ0v) is 21.7. The molecule has 0 amide bonds. The smallest absolute Gasteiger partial charge is 0.303 e. The third-order valence-corrected chi connectivity index (χ3v) is 8.79. The van der Waals surface area contributed by atoms with Gasteiger partial charge in [-0.25, -0.2) is 4.39 Å². The number of nitrogens with zero attached hydrogens (tertiary/aromatic N) is 2. The number of hydrogen-bond acceptors (Lipinski definition) is 6. The Morgan fingerprint density at radius 3 is 2.97 bits per heavy atom. The number of aliphatic carboxylic acids is 1. The molecule has 1 saturated heterocycles. The molecule has 1 fully saturated rings. The van der Waals surface area contributed by atoms with E-state index in [2.05, 4.69) is 26.7 Å². The summed E-state index contributed by atoms with van der Waals surface area (Å²) >= 11 is 3.58. The Bertz CT molecular complexity index is 1100. The molecule has 0 aliphatic carbocycles. The standard InChI is InChI=1S/C27H33FN2O3S2/c1-33-21-4-6-26-24(16-21)23(8-11-29-26)25(28)5-2-19-9-12-30(17-20(19)3-7-27(31)32)13-15-35-22-10-14-34-18-22/h4,6,8,10-11,14,16,18-20,25H,2-3,5,7,9,12-13,15,17H2,1H3,(H,31,32)/t19-,20-,25-/m1/s1. The van der Waals surface area contributed by atoms with E-state index in [1.54, 1.807) is 30.7 Å². The molecular formula is C27H33FN2O3S2. The minimum atomic E-state index is -1.09. The van der Waals surface area contributed by atoms with Gasteiger partial charge in [-0.05, 0) is 85.3 Å². The van der Waals surface area contributed by atoms with Gasteiger partial charge in [0, 0.05) is 47.1 Å². The summed E-state index contributed by atoms with van der Waals surface area (Å²) in [5.74, 6) is 1.59. The van der Waals surface area contributed by atoms with Crippen LogP contribution < -0.4 is 4.74 Å². The number of thioether (sulfide) groups is 1. The van der Waals surface area contributed by atoms with Crippen molar-refractivity contribution in [3.8, 4) is 5.75 Å². The van der Waals surface area contributed by atoms with Gasteiger partial charge in [0.2, 0.25) is 0 Å². The molecule has 4 rings (SSSR count). The molecule has 1 aliphatic heterocycles. The lowest BCUT2D eigenvalue weighted by molar-refractivity contribution is -0.137. The first-order chi connectivity index (χ1) is 17.0. The van der Waals surface area contributed by atoms with Crippen molar-refractivity contribution in [2.24, 2.45) is 11.8 Å². The molecule has 35 heavy (non-hydrogen) atoms. The van der Waals surface area contributed by atoms with Crippen molar-refractivity contribution in [1.29, 1.82) is 0 Å². The Labute approximate surface area is 214 Å². The second-order valence-electron chi connectivity index (χ2n) is 9.18. The fourth-order valence-corrected chi connectivity index (χ4v) is 6.86. The molecule has 0 radical (unpaired) electrons. The monoisotopic (exact) mass is 516 g/mol. The Morgan fingerprint density at radius 2 is 2.20 bits per heavy atom. The number of carbonyl (C=O) groups is 1. The molecule has 0 bridgehead atoms. The van der Waals surface area contributed by atoms with Crippen LogP contribution in [0.4, 0.5) is 4.39 Å². The van der Waals surface area contributed by atoms with Gasteiger partial charge in [-0.3, -0.25) is 9.78 Å². The lowest BCUT2D eigenvalue weighted by Gasteiger charge is -2.39. The van der Waals surface area contributed by atoms with Crippen LogP contribution in [0.15, 0.2) is 52.2 Å². The van der Waals surface area contributed by atoms with Crippen LogP contribution in [0, 0.1) is 11.8 Å². The number of pyridine rings is 1. The molecule has 2 aromatic heterocycles. The summed E-state index contributed by atoms with van der Waals surface area (Å²) in [4.78, 5) is 19.4. The minimum Gasteiger partial charge on any atom is -0.497 e. The van der Waals surface area contributed by atoms with Crippen LogP contribution in [0.2, 0.25) is 0 Å². The fourth-order valence-electron chi connectivity index (χ4n) is 5.06. The van der Waals surface area contributed by atoms with Gasteiger partial charge < -0.3 is 14.7 Å². The molecule has 5 nitrogen and oxygen atoms in total. The highest BCUT2D eigenvalue weighted by Gasteiger charge is 2.30. The van der Waals surface area contributed by atoms with Crippen molar-refractivity contribution < 1.29 is 19.0 Å². The third kappa shape index (κ3) is 7.18. The Balaban J connectivity index is 1.36. The van der Waals surface area contributed by atoms with E-state index >= 15 is 4.39 Å². The topological polar surface area (TPSA) is 62.7 Å². The van der Waals surface area contributed by atoms with Crippen LogP contribution in [0.5, 0.6) is 5.75 Å². The van der Waals surface area contributed by atoms with E-state index in [4.69, 9.17) is 4.74 Å². The van der Waals surface area contributed by atoms with Crippen LogP contribution in [0.25, 0.3) is 10.9 Å². The zero-order chi connectivity index (χ0) is 24.6. The molecule has 0 unspecified atom stereocenters. The predicted molar refractivity (Wildman–Crippen MR) is 141 cm³/mol. The number of aromatic nitrogens is 1. The molecular weight excluding hydrogens is 483 g/mol. The van der Waals surface area contributed by atoms with Crippen molar-refractivity contribution in [2.75, 3.05) is 32.5 Å². The first kappa shape index (κ1) is 25.9. The molecule has 188 valence electrons. The number of alkyl halides is 1. The summed E-state index contributed by atoms with van der Waals surface area (Å²) in [5.41, 5.74) is 1.41. The number of likely N-dealkylation sites (tertiary alicyclic amines) is 1. The zero-order valence-electron chi connectivity index (χ0n) is 20.1. The molecule has 1 aromatic carbocycles. The summed E-state index contributed by atoms with van der Waals surface area (Å²) in [6.45, 7) is 2.88. The summed E-state index contributed by atoms with van der Waals surface area (Å²) in [5, 5.41) is 14.3. The van der Waals surface area contributed by atoms with E-state index in [9.17, 15) is 9.90 Å². The number of thiophene rings is 1. The number of hydrogen-bond donors (Lipinski definition) is 1. The number of carboxylic acid groups (broad SMARTS) is 1. The number of rotatable bonds is 12. The van der Waals surface area contributed by atoms with Gasteiger partial charge in [0.15, 0.2) is 0 Å². The average Bonchev–Trinajstić information content (AvgIpc) is 3.39. The Morgan fingerprint density at radius 1 is 1.31 bits per heavy atom. The average molecular weight is 517 g/mol. The number of carboxylic acids is 1. The lowest BCUT2D eigenvalue weighted by atomic mass is 9.79. The number of benzene rings is 1. The van der Waals surface area contributed by atoms with Crippen LogP contribution in [-0.2, 0) is 4.79 Å². The highest BCUT2D eigenvalue weighted by molar-refractivity contribution is 7.99. The Kier molecular flexibility index (Phi) is 9.40. The number of methoxy groups -OCH3 is 1. The third-order valence-electron chi connectivity index (χ3n) is 6.99. The second kappa shape index (κ2) is 12.7. The van der Waals surface area contributed by atoms with Crippen molar-refractivity contribution in [3.05, 3.63) is 52.9 Å². The Hall–Kier alpha value is -2.16. The normalized spacial score (nSPS) is 19.6. The van der Waals surface area contributed by atoms with Crippen molar-refractivity contribution in [3.63, 3.8) is 0 Å². The van der Waals surface area contributed by atoms with Gasteiger partial charge in [-0.2, -0.15) is 11.3 Å². The maximum Gasteiger partial charge on any atom is 0.303 e. The van der Waals surface area contributed by atoms with Gasteiger partial charge in [-0.15, -0.1) is 11.8 Å². The predicted octanol–water partition coefficient (Wildman–Crippen LogP) is 6.69. The van der Waals surface area contributed by atoms with Gasteiger partial charge in [0.1, 0.15) is 11.9 Å². The summed E-state index contributed by atoms with van der Waals surface area (Å²) in [6, 6.07) is 9.46. The first-order valence-corrected chi connectivity index (χ1v) is 14.1. The highest BCUT2D eigenvalue weighted by atomic mass is 32.2. The van der Waals surface area contributed by atoms with Crippen LogP contribution in [0.3, 0.4) is 0 Å². The summed E-state index contributed by atoms with van der Waals surface area (Å²) in [6.07, 6.45) is 3.58. The van der Waals surface area contributed by atoms with Crippen molar-refractivity contribution in [2.45, 2.75) is 43.2 Å². The largest absolute Gasteiger partial charge is 0.497 e. The van der Waals surface area contributed by atoms with E-state index in [1.165, 1.54) is 4.90 Å². The minimum absolute atomic E-state index is 0.173. The molecule has 3 heterocycles. The number of ether oxygens (including phenoxy) is 1. The quantitative estimate of drug-likeness (QED) is 0.271. The van der Waals surface area contributed by atoms with Crippen LogP contribution in [0.1, 0.15) is 43.8 Å². The number of piperidine rings is 1. The van der Waals surface area contributed by atoms with Crippen LogP contribution >= 0.6 is 23.1 Å². The van der Waals surface area contributed by atoms with E-state index in [-0.39, 0.29) is 12.3 Å². The summed E-state index contributed by atoms with van der Waals surface area (Å²) in [7, 11) is 1.61. The molecule has 0 spiro atoms. The van der Waals surface area contributed by atoms with Gasteiger partial charge in [0.05, 0.1) is 12.6 Å². The summed E-state index contributed by atoms with van der Waals surface area (Å²) < 4.78 is 20.8. The molecule has 0 saturated carbocycles. The van der Waals surface area contributed by atoms with E-state index in [0.717, 1.165) is 49.1 Å². The molecule has 3 atom stereocenters. The van der Waals surface area contributed by atoms with Crippen molar-refractivity contribution in [1.82, 2.24) is 9.88 Å². The van der Waals surface area contributed by atoms with Gasteiger partial charge >= 0.3 is 5.97 Å². The maximum absolute atomic E-state index is 15.5. The van der Waals surface area contributed by atoms with Crippen LogP contribution in [-0.4, -0.2) is 53.5 Å². The van der Waals surface area contributed by atoms with E-state index in [1.807, 2.05) is 30.0 Å². The fraction of sp³-hybridized carbons (Fsp3) is 0.481. The van der Waals surface area contributed by atoms with Gasteiger partial charge in [-0.1, -0.05) is 0 Å². The second-order valence-corrected chi connectivity index (χ2v) is 11.1. The van der Waals surface area contributed by atoms with Gasteiger partial charge in [0.25, 0.3) is 0 Å². The first-order valence-electron chi connectivity index (χ1n) is 12.2. The maximum atomic E-state index is 15.5.